The van der Waals surface area contributed by atoms with Gasteiger partial charge in [-0.2, -0.15) is 0 Å². The number of carbonyl (C=O) groups excluding carboxylic acids is 1. The lowest BCUT2D eigenvalue weighted by molar-refractivity contribution is 0.0977. The van der Waals surface area contributed by atoms with Crippen molar-refractivity contribution < 1.29 is 9.53 Å². The average Bonchev–Trinajstić information content (AvgIpc) is 3.01. The second kappa shape index (κ2) is 8.50. The van der Waals surface area contributed by atoms with Crippen LogP contribution in [0.25, 0.3) is 11.0 Å². The molecule has 7 nitrogen and oxygen atoms in total. The molecule has 140 valence electrons. The van der Waals surface area contributed by atoms with Gasteiger partial charge in [-0.3, -0.25) is 10.1 Å². The number of ether oxygens (including phenoxy) is 1. The quantitative estimate of drug-likeness (QED) is 0.386. The molecule has 0 radical (unpaired) electrons. The highest BCUT2D eigenvalue weighted by molar-refractivity contribution is 7.80. The summed E-state index contributed by atoms with van der Waals surface area (Å²) in [5.74, 6) is 0.321. The van der Waals surface area contributed by atoms with Crippen molar-refractivity contribution in [1.29, 1.82) is 0 Å². The minimum Gasteiger partial charge on any atom is -0.494 e. The van der Waals surface area contributed by atoms with Crippen LogP contribution in [0, 0.1) is 0 Å². The first-order valence-electron chi connectivity index (χ1n) is 8.62. The molecule has 2 aromatic carbocycles. The molecule has 4 N–H and O–H groups in total. The van der Waals surface area contributed by atoms with E-state index in [1.165, 1.54) is 0 Å². The lowest BCUT2D eigenvalue weighted by Crippen LogP contribution is -2.34. The van der Waals surface area contributed by atoms with Crippen molar-refractivity contribution in [2.75, 3.05) is 11.9 Å². The van der Waals surface area contributed by atoms with Crippen LogP contribution >= 0.6 is 12.2 Å². The Kier molecular flexibility index (Phi) is 5.87. The summed E-state index contributed by atoms with van der Waals surface area (Å²) in [7, 11) is 0. The fourth-order valence-corrected chi connectivity index (χ4v) is 2.72. The van der Waals surface area contributed by atoms with Crippen molar-refractivity contribution in [3.05, 3.63) is 58.5 Å². The van der Waals surface area contributed by atoms with Gasteiger partial charge in [0.1, 0.15) is 5.75 Å². The van der Waals surface area contributed by atoms with Crippen LogP contribution in [0.1, 0.15) is 30.1 Å². The van der Waals surface area contributed by atoms with Gasteiger partial charge in [-0.25, -0.2) is 4.79 Å². The van der Waals surface area contributed by atoms with Crippen molar-refractivity contribution >= 4 is 40.0 Å². The molecule has 1 amide bonds. The summed E-state index contributed by atoms with van der Waals surface area (Å²) in [6.45, 7) is 2.71. The number of H-pyrrole nitrogens is 2. The van der Waals surface area contributed by atoms with Gasteiger partial charge < -0.3 is 20.0 Å². The normalized spacial score (nSPS) is 10.6. The van der Waals surface area contributed by atoms with Crippen molar-refractivity contribution in [1.82, 2.24) is 15.3 Å². The highest BCUT2D eigenvalue weighted by Gasteiger charge is 2.10. The van der Waals surface area contributed by atoms with Crippen molar-refractivity contribution in [3.63, 3.8) is 0 Å². The lowest BCUT2D eigenvalue weighted by atomic mass is 10.2. The van der Waals surface area contributed by atoms with Gasteiger partial charge in [0.25, 0.3) is 5.91 Å². The molecule has 3 aromatic rings. The van der Waals surface area contributed by atoms with E-state index < -0.39 is 0 Å². The Hall–Kier alpha value is -3.13. The number of unbranched alkanes of at least 4 members (excludes halogenated alkanes) is 1. The Bertz CT molecular complexity index is 1020. The first-order valence-corrected chi connectivity index (χ1v) is 9.03. The predicted molar refractivity (Wildman–Crippen MR) is 109 cm³/mol. The molecule has 1 heterocycles. The molecule has 0 aliphatic rings. The third kappa shape index (κ3) is 4.95. The van der Waals surface area contributed by atoms with E-state index in [1.54, 1.807) is 36.4 Å². The Morgan fingerprint density at radius 2 is 1.96 bits per heavy atom. The van der Waals surface area contributed by atoms with Crippen LogP contribution in [-0.4, -0.2) is 27.6 Å². The second-order valence-corrected chi connectivity index (χ2v) is 6.39. The SMILES string of the molecule is CCCCOc1cccc(C(=O)NC(=S)Nc2ccc3[nH]c(=O)[nH]c3c2)c1. The first-order chi connectivity index (χ1) is 13.0. The summed E-state index contributed by atoms with van der Waals surface area (Å²) in [5.41, 5.74) is 2.17. The van der Waals surface area contributed by atoms with Gasteiger partial charge in [-0.1, -0.05) is 19.4 Å². The molecule has 0 bridgehead atoms. The van der Waals surface area contributed by atoms with Crippen molar-refractivity contribution in [2.24, 2.45) is 0 Å². The standard InChI is InChI=1S/C19H20N4O3S/c1-2-3-9-26-14-6-4-5-12(10-14)17(24)23-19(27)20-13-7-8-15-16(11-13)22-18(25)21-15/h4-8,10-11H,2-3,9H2,1H3,(H2,21,22,25)(H2,20,23,24,27). The molecule has 0 aliphatic heterocycles. The maximum absolute atomic E-state index is 12.4. The van der Waals surface area contributed by atoms with E-state index in [-0.39, 0.29) is 16.7 Å². The van der Waals surface area contributed by atoms with E-state index >= 15 is 0 Å². The van der Waals surface area contributed by atoms with Gasteiger partial charge in [-0.05, 0) is 55.0 Å². The second-order valence-electron chi connectivity index (χ2n) is 5.98. The molecule has 0 saturated carbocycles. The van der Waals surface area contributed by atoms with E-state index in [9.17, 15) is 9.59 Å². The number of fused-ring (bicyclic) bond motifs is 1. The number of amides is 1. The first kappa shape index (κ1) is 18.7. The fraction of sp³-hybridized carbons (Fsp3) is 0.211. The number of imidazole rings is 1. The highest BCUT2D eigenvalue weighted by atomic mass is 32.1. The molecule has 1 aromatic heterocycles. The molecule has 27 heavy (non-hydrogen) atoms. The van der Waals surface area contributed by atoms with Gasteiger partial charge in [-0.15, -0.1) is 0 Å². The molecule has 8 heteroatoms. The molecule has 0 saturated heterocycles. The Labute approximate surface area is 161 Å². The van der Waals surface area contributed by atoms with Crippen LogP contribution in [0.5, 0.6) is 5.75 Å². The van der Waals surface area contributed by atoms with Crippen LogP contribution in [0.4, 0.5) is 5.69 Å². The van der Waals surface area contributed by atoms with Crippen LogP contribution < -0.4 is 21.1 Å². The predicted octanol–water partition coefficient (Wildman–Crippen LogP) is 3.16. The zero-order chi connectivity index (χ0) is 19.2. The van der Waals surface area contributed by atoms with Gasteiger partial charge in [0, 0.05) is 11.3 Å². The van der Waals surface area contributed by atoms with Gasteiger partial charge in [0.05, 0.1) is 17.6 Å². The number of aromatic nitrogens is 2. The number of aromatic amines is 2. The summed E-state index contributed by atoms with van der Waals surface area (Å²) in [4.78, 5) is 29.0. The summed E-state index contributed by atoms with van der Waals surface area (Å²) in [5, 5.41) is 5.73. The summed E-state index contributed by atoms with van der Waals surface area (Å²) in [6.07, 6.45) is 2.00. The minimum atomic E-state index is -0.329. The Morgan fingerprint density at radius 3 is 2.78 bits per heavy atom. The molecule has 0 unspecified atom stereocenters. The van der Waals surface area contributed by atoms with E-state index in [0.29, 0.717) is 34.6 Å². The number of hydrogen-bond donors (Lipinski definition) is 4. The third-order valence-electron chi connectivity index (χ3n) is 3.86. The number of carbonyl (C=O) groups is 1. The zero-order valence-corrected chi connectivity index (χ0v) is 15.6. The molecule has 0 spiro atoms. The number of anilines is 1. The van der Waals surface area contributed by atoms with E-state index in [0.717, 1.165) is 12.8 Å². The van der Waals surface area contributed by atoms with Crippen molar-refractivity contribution in [2.45, 2.75) is 19.8 Å². The zero-order valence-electron chi connectivity index (χ0n) is 14.8. The van der Waals surface area contributed by atoms with Gasteiger partial charge in [0.2, 0.25) is 0 Å². The lowest BCUT2D eigenvalue weighted by Gasteiger charge is -2.11. The molecular weight excluding hydrogens is 364 g/mol. The van der Waals surface area contributed by atoms with Gasteiger partial charge in [0.15, 0.2) is 5.11 Å². The van der Waals surface area contributed by atoms with E-state index in [1.807, 2.05) is 6.07 Å². The summed E-state index contributed by atoms with van der Waals surface area (Å²) >= 11 is 5.20. The van der Waals surface area contributed by atoms with E-state index in [2.05, 4.69) is 27.5 Å². The Morgan fingerprint density at radius 1 is 1.15 bits per heavy atom. The van der Waals surface area contributed by atoms with Gasteiger partial charge >= 0.3 is 5.69 Å². The molecule has 0 fully saturated rings. The number of hydrogen-bond acceptors (Lipinski definition) is 4. The monoisotopic (exact) mass is 384 g/mol. The van der Waals surface area contributed by atoms with E-state index in [4.69, 9.17) is 17.0 Å². The summed E-state index contributed by atoms with van der Waals surface area (Å²) < 4.78 is 5.62. The molecule has 3 rings (SSSR count). The number of thiocarbonyl (C=S) groups is 1. The number of rotatable bonds is 6. The highest BCUT2D eigenvalue weighted by Crippen LogP contribution is 2.15. The number of benzene rings is 2. The smallest absolute Gasteiger partial charge is 0.323 e. The topological polar surface area (TPSA) is 99.0 Å². The van der Waals surface area contributed by atoms with Crippen LogP contribution in [0.15, 0.2) is 47.3 Å². The maximum atomic E-state index is 12.4. The van der Waals surface area contributed by atoms with Crippen LogP contribution in [0.3, 0.4) is 0 Å². The third-order valence-corrected chi connectivity index (χ3v) is 4.07. The molecule has 0 atom stereocenters. The minimum absolute atomic E-state index is 0.162. The Balaban J connectivity index is 1.61. The number of nitrogens with one attached hydrogen (secondary N) is 4. The molecule has 0 aliphatic carbocycles. The van der Waals surface area contributed by atoms with Crippen LogP contribution in [-0.2, 0) is 0 Å². The fourth-order valence-electron chi connectivity index (χ4n) is 2.51. The molecular formula is C19H20N4O3S. The average molecular weight is 384 g/mol. The largest absolute Gasteiger partial charge is 0.494 e. The maximum Gasteiger partial charge on any atom is 0.323 e. The van der Waals surface area contributed by atoms with Crippen LogP contribution in [0.2, 0.25) is 0 Å². The summed E-state index contributed by atoms with van der Waals surface area (Å²) in [6, 6.07) is 12.2. The van der Waals surface area contributed by atoms with Crippen molar-refractivity contribution in [3.8, 4) is 5.75 Å².